The molecule has 5 heteroatoms. The Morgan fingerprint density at radius 2 is 2.00 bits per heavy atom. The summed E-state index contributed by atoms with van der Waals surface area (Å²) in [7, 11) is 3.19. The number of anilines is 2. The monoisotopic (exact) mass is 257 g/mol. The quantitative estimate of drug-likeness (QED) is 0.881. The third-order valence-electron chi connectivity index (χ3n) is 2.67. The van der Waals surface area contributed by atoms with E-state index in [1.165, 1.54) is 6.20 Å². The summed E-state index contributed by atoms with van der Waals surface area (Å²) in [6.07, 6.45) is 3.15. The van der Waals surface area contributed by atoms with E-state index in [-0.39, 0.29) is 5.91 Å². The number of amides is 1. The highest BCUT2D eigenvalue weighted by molar-refractivity contribution is 5.99. The second-order valence-electron chi connectivity index (χ2n) is 3.83. The van der Waals surface area contributed by atoms with E-state index < -0.39 is 0 Å². The summed E-state index contributed by atoms with van der Waals surface area (Å²) in [5.74, 6) is 0.521. The number of hydrogen-bond acceptors (Lipinski definition) is 4. The average molecular weight is 257 g/mol. The Balaban J connectivity index is 2.36. The molecule has 0 aliphatic heterocycles. The Kier molecular flexibility index (Phi) is 3.97. The standard InChI is InChI=1S/C14H15N3O2/c1-15-14(18)10-9-16-8-7-11(10)17-12-5-3-4-6-13(12)19-2/h3-9H,1-2H3,(H,15,18)(H,16,17). The van der Waals surface area contributed by atoms with Gasteiger partial charge in [0.1, 0.15) is 5.75 Å². The Hall–Kier alpha value is -2.56. The summed E-state index contributed by atoms with van der Waals surface area (Å²) < 4.78 is 5.27. The van der Waals surface area contributed by atoms with Gasteiger partial charge in [0.15, 0.2) is 0 Å². The van der Waals surface area contributed by atoms with Gasteiger partial charge < -0.3 is 15.4 Å². The lowest BCUT2D eigenvalue weighted by Gasteiger charge is -2.13. The van der Waals surface area contributed by atoms with Gasteiger partial charge in [-0.3, -0.25) is 9.78 Å². The Labute approximate surface area is 111 Å². The van der Waals surface area contributed by atoms with Crippen LogP contribution in [0, 0.1) is 0 Å². The third kappa shape index (κ3) is 2.82. The molecule has 0 spiro atoms. The van der Waals surface area contributed by atoms with Crippen LogP contribution >= 0.6 is 0 Å². The number of benzene rings is 1. The summed E-state index contributed by atoms with van der Waals surface area (Å²) in [6, 6.07) is 9.26. The molecule has 98 valence electrons. The van der Waals surface area contributed by atoms with Crippen LogP contribution in [-0.4, -0.2) is 25.0 Å². The zero-order valence-electron chi connectivity index (χ0n) is 10.8. The number of para-hydroxylation sites is 2. The molecular formula is C14H15N3O2. The lowest BCUT2D eigenvalue weighted by atomic mass is 10.2. The molecule has 0 atom stereocenters. The number of rotatable bonds is 4. The largest absolute Gasteiger partial charge is 0.495 e. The molecule has 0 saturated carbocycles. The van der Waals surface area contributed by atoms with Gasteiger partial charge >= 0.3 is 0 Å². The summed E-state index contributed by atoms with van der Waals surface area (Å²) in [4.78, 5) is 15.7. The fraction of sp³-hybridized carbons (Fsp3) is 0.143. The number of methoxy groups -OCH3 is 1. The zero-order valence-corrected chi connectivity index (χ0v) is 10.8. The first-order valence-electron chi connectivity index (χ1n) is 5.82. The number of pyridine rings is 1. The van der Waals surface area contributed by atoms with Crippen LogP contribution in [0.1, 0.15) is 10.4 Å². The fourth-order valence-corrected chi connectivity index (χ4v) is 1.71. The molecule has 0 unspecified atom stereocenters. The minimum atomic E-state index is -0.189. The minimum absolute atomic E-state index is 0.189. The first-order chi connectivity index (χ1) is 9.26. The van der Waals surface area contributed by atoms with E-state index >= 15 is 0 Å². The van der Waals surface area contributed by atoms with Crippen molar-refractivity contribution in [2.24, 2.45) is 0 Å². The van der Waals surface area contributed by atoms with Gasteiger partial charge in [0.25, 0.3) is 5.91 Å². The maximum absolute atomic E-state index is 11.8. The number of hydrogen-bond donors (Lipinski definition) is 2. The van der Waals surface area contributed by atoms with E-state index in [1.807, 2.05) is 24.3 Å². The summed E-state index contributed by atoms with van der Waals surface area (Å²) in [6.45, 7) is 0. The van der Waals surface area contributed by atoms with Crippen molar-refractivity contribution in [1.29, 1.82) is 0 Å². The van der Waals surface area contributed by atoms with Crippen molar-refractivity contribution in [3.63, 3.8) is 0 Å². The number of aromatic nitrogens is 1. The van der Waals surface area contributed by atoms with Crippen molar-refractivity contribution < 1.29 is 9.53 Å². The maximum Gasteiger partial charge on any atom is 0.254 e. The van der Waals surface area contributed by atoms with E-state index in [0.717, 1.165) is 5.69 Å². The fourth-order valence-electron chi connectivity index (χ4n) is 1.71. The third-order valence-corrected chi connectivity index (χ3v) is 2.67. The molecule has 5 nitrogen and oxygen atoms in total. The van der Waals surface area contributed by atoms with Gasteiger partial charge in [0.2, 0.25) is 0 Å². The number of nitrogens with zero attached hydrogens (tertiary/aromatic N) is 1. The minimum Gasteiger partial charge on any atom is -0.495 e. The Morgan fingerprint density at radius 1 is 1.21 bits per heavy atom. The van der Waals surface area contributed by atoms with Crippen molar-refractivity contribution in [3.8, 4) is 5.75 Å². The molecule has 2 rings (SSSR count). The molecule has 0 bridgehead atoms. The summed E-state index contributed by atoms with van der Waals surface area (Å²) in [5.41, 5.74) is 1.95. The molecule has 0 fully saturated rings. The molecule has 2 N–H and O–H groups in total. The van der Waals surface area contributed by atoms with E-state index in [4.69, 9.17) is 4.74 Å². The Bertz CT molecular complexity index is 584. The molecule has 19 heavy (non-hydrogen) atoms. The highest BCUT2D eigenvalue weighted by atomic mass is 16.5. The molecule has 0 radical (unpaired) electrons. The van der Waals surface area contributed by atoms with E-state index in [0.29, 0.717) is 17.0 Å². The lowest BCUT2D eigenvalue weighted by molar-refractivity contribution is 0.0963. The van der Waals surface area contributed by atoms with E-state index in [2.05, 4.69) is 15.6 Å². The highest BCUT2D eigenvalue weighted by Crippen LogP contribution is 2.28. The smallest absolute Gasteiger partial charge is 0.254 e. The zero-order chi connectivity index (χ0) is 13.7. The topological polar surface area (TPSA) is 63.2 Å². The highest BCUT2D eigenvalue weighted by Gasteiger charge is 2.11. The van der Waals surface area contributed by atoms with Crippen LogP contribution in [0.15, 0.2) is 42.7 Å². The van der Waals surface area contributed by atoms with Crippen molar-refractivity contribution in [3.05, 3.63) is 48.3 Å². The van der Waals surface area contributed by atoms with Crippen molar-refractivity contribution in [2.75, 3.05) is 19.5 Å². The number of carbonyl (C=O) groups is 1. The molecule has 0 aliphatic rings. The molecule has 1 aromatic heterocycles. The lowest BCUT2D eigenvalue weighted by Crippen LogP contribution is -2.19. The number of carbonyl (C=O) groups excluding carboxylic acids is 1. The first kappa shape index (κ1) is 12.9. The van der Waals surface area contributed by atoms with Crippen LogP contribution in [-0.2, 0) is 0 Å². The first-order valence-corrected chi connectivity index (χ1v) is 5.82. The predicted octanol–water partition coefficient (Wildman–Crippen LogP) is 2.19. The molecule has 1 heterocycles. The van der Waals surface area contributed by atoms with Crippen molar-refractivity contribution in [2.45, 2.75) is 0 Å². The van der Waals surface area contributed by atoms with Crippen molar-refractivity contribution >= 4 is 17.3 Å². The molecule has 1 amide bonds. The van der Waals surface area contributed by atoms with Crippen LogP contribution in [0.25, 0.3) is 0 Å². The maximum atomic E-state index is 11.8. The predicted molar refractivity (Wildman–Crippen MR) is 73.9 cm³/mol. The summed E-state index contributed by atoms with van der Waals surface area (Å²) in [5, 5.41) is 5.77. The van der Waals surface area contributed by atoms with Crippen LogP contribution in [0.2, 0.25) is 0 Å². The second-order valence-corrected chi connectivity index (χ2v) is 3.83. The average Bonchev–Trinajstić information content (AvgIpc) is 2.47. The molecule has 0 saturated heterocycles. The number of nitrogens with one attached hydrogen (secondary N) is 2. The van der Waals surface area contributed by atoms with Gasteiger partial charge in [0, 0.05) is 19.4 Å². The molecular weight excluding hydrogens is 242 g/mol. The van der Waals surface area contributed by atoms with Crippen LogP contribution in [0.5, 0.6) is 5.75 Å². The Morgan fingerprint density at radius 3 is 2.74 bits per heavy atom. The molecule has 1 aromatic carbocycles. The van der Waals surface area contributed by atoms with Gasteiger partial charge in [-0.2, -0.15) is 0 Å². The second kappa shape index (κ2) is 5.86. The molecule has 0 aliphatic carbocycles. The van der Waals surface area contributed by atoms with Crippen LogP contribution in [0.4, 0.5) is 11.4 Å². The van der Waals surface area contributed by atoms with Crippen LogP contribution < -0.4 is 15.4 Å². The van der Waals surface area contributed by atoms with Gasteiger partial charge in [-0.25, -0.2) is 0 Å². The van der Waals surface area contributed by atoms with Crippen LogP contribution in [0.3, 0.4) is 0 Å². The van der Waals surface area contributed by atoms with Gasteiger partial charge in [-0.15, -0.1) is 0 Å². The van der Waals surface area contributed by atoms with E-state index in [9.17, 15) is 4.79 Å². The van der Waals surface area contributed by atoms with Gasteiger partial charge in [0.05, 0.1) is 24.0 Å². The SMILES string of the molecule is CNC(=O)c1cnccc1Nc1ccccc1OC. The number of ether oxygens (including phenoxy) is 1. The van der Waals surface area contributed by atoms with Gasteiger partial charge in [-0.1, -0.05) is 12.1 Å². The molecule has 2 aromatic rings. The summed E-state index contributed by atoms with van der Waals surface area (Å²) >= 11 is 0. The van der Waals surface area contributed by atoms with Gasteiger partial charge in [-0.05, 0) is 18.2 Å². The van der Waals surface area contributed by atoms with E-state index in [1.54, 1.807) is 26.4 Å². The van der Waals surface area contributed by atoms with Crippen molar-refractivity contribution in [1.82, 2.24) is 10.3 Å². The normalized spacial score (nSPS) is 9.79.